The first-order chi connectivity index (χ1) is 13.5. The Morgan fingerprint density at radius 1 is 1.18 bits per heavy atom. The van der Waals surface area contributed by atoms with E-state index in [0.717, 1.165) is 22.2 Å². The Hall–Kier alpha value is -3.19. The van der Waals surface area contributed by atoms with Crippen molar-refractivity contribution < 1.29 is 9.53 Å². The SMILES string of the molecule is CCOc1ccc(-c2cc(C(=O)NN(CC)C(N)=S)c3ccccc3n2)cc1. The van der Waals surface area contributed by atoms with Crippen LogP contribution in [0.3, 0.4) is 0 Å². The monoisotopic (exact) mass is 394 g/mol. The Balaban J connectivity index is 2.04. The molecular formula is C21H22N4O2S. The molecule has 0 saturated heterocycles. The van der Waals surface area contributed by atoms with Crippen molar-refractivity contribution >= 4 is 34.1 Å². The second-order valence-corrected chi connectivity index (χ2v) is 6.47. The number of fused-ring (bicyclic) bond motifs is 1. The van der Waals surface area contributed by atoms with Gasteiger partial charge in [-0.2, -0.15) is 0 Å². The maximum absolute atomic E-state index is 12.9. The van der Waals surface area contributed by atoms with Crippen LogP contribution in [0.2, 0.25) is 0 Å². The summed E-state index contributed by atoms with van der Waals surface area (Å²) < 4.78 is 5.49. The van der Waals surface area contributed by atoms with E-state index in [1.54, 1.807) is 6.07 Å². The fourth-order valence-electron chi connectivity index (χ4n) is 2.87. The van der Waals surface area contributed by atoms with Crippen LogP contribution in [-0.4, -0.2) is 34.2 Å². The Kier molecular flexibility index (Phi) is 6.06. The van der Waals surface area contributed by atoms with Crippen LogP contribution >= 0.6 is 12.2 Å². The van der Waals surface area contributed by atoms with Gasteiger partial charge in [-0.15, -0.1) is 0 Å². The number of hydrazine groups is 1. The molecule has 28 heavy (non-hydrogen) atoms. The summed E-state index contributed by atoms with van der Waals surface area (Å²) in [6.45, 7) is 4.87. The summed E-state index contributed by atoms with van der Waals surface area (Å²) in [5, 5.41) is 2.30. The van der Waals surface area contributed by atoms with Crippen molar-refractivity contribution in [1.29, 1.82) is 0 Å². The molecule has 0 atom stereocenters. The van der Waals surface area contributed by atoms with E-state index in [-0.39, 0.29) is 11.0 Å². The van der Waals surface area contributed by atoms with E-state index in [1.165, 1.54) is 5.01 Å². The number of nitrogens with two attached hydrogens (primary N) is 1. The number of rotatable bonds is 5. The van der Waals surface area contributed by atoms with E-state index in [9.17, 15) is 4.79 Å². The molecule has 7 heteroatoms. The topological polar surface area (TPSA) is 80.5 Å². The molecule has 6 nitrogen and oxygen atoms in total. The highest BCUT2D eigenvalue weighted by Crippen LogP contribution is 2.26. The Bertz CT molecular complexity index is 1000. The van der Waals surface area contributed by atoms with Crippen molar-refractivity contribution in [3.8, 4) is 17.0 Å². The Morgan fingerprint density at radius 3 is 2.54 bits per heavy atom. The Morgan fingerprint density at radius 2 is 1.89 bits per heavy atom. The largest absolute Gasteiger partial charge is 0.494 e. The predicted molar refractivity (Wildman–Crippen MR) is 115 cm³/mol. The smallest absolute Gasteiger partial charge is 0.270 e. The lowest BCUT2D eigenvalue weighted by atomic mass is 10.0. The Labute approximate surface area is 169 Å². The molecule has 0 bridgehead atoms. The van der Waals surface area contributed by atoms with E-state index < -0.39 is 0 Å². The molecule has 2 aromatic carbocycles. The number of hydrogen-bond donors (Lipinski definition) is 2. The van der Waals surface area contributed by atoms with Gasteiger partial charge in [0, 0.05) is 17.5 Å². The van der Waals surface area contributed by atoms with Gasteiger partial charge in [-0.05, 0) is 62.5 Å². The summed E-state index contributed by atoms with van der Waals surface area (Å²) in [6, 6.07) is 16.9. The zero-order valence-corrected chi connectivity index (χ0v) is 16.6. The van der Waals surface area contributed by atoms with Crippen molar-refractivity contribution in [2.45, 2.75) is 13.8 Å². The maximum atomic E-state index is 12.9. The maximum Gasteiger partial charge on any atom is 0.270 e. The van der Waals surface area contributed by atoms with Crippen molar-refractivity contribution in [3.63, 3.8) is 0 Å². The van der Waals surface area contributed by atoms with Gasteiger partial charge in [-0.1, -0.05) is 18.2 Å². The number of ether oxygens (including phenoxy) is 1. The van der Waals surface area contributed by atoms with Crippen LogP contribution in [0.5, 0.6) is 5.75 Å². The molecular weight excluding hydrogens is 372 g/mol. The van der Waals surface area contributed by atoms with Crippen LogP contribution in [-0.2, 0) is 0 Å². The summed E-state index contributed by atoms with van der Waals surface area (Å²) in [6.07, 6.45) is 0. The third kappa shape index (κ3) is 4.20. The first kappa shape index (κ1) is 19.6. The molecule has 0 spiro atoms. The van der Waals surface area contributed by atoms with Crippen LogP contribution < -0.4 is 15.9 Å². The number of thiocarbonyl (C=S) groups is 1. The fraction of sp³-hybridized carbons (Fsp3) is 0.190. The molecule has 1 heterocycles. The minimum absolute atomic E-state index is 0.112. The van der Waals surface area contributed by atoms with Crippen LogP contribution in [0.4, 0.5) is 0 Å². The van der Waals surface area contributed by atoms with E-state index in [4.69, 9.17) is 27.7 Å². The van der Waals surface area contributed by atoms with E-state index in [2.05, 4.69) is 5.43 Å². The number of benzene rings is 2. The third-order valence-corrected chi connectivity index (χ3v) is 4.46. The van der Waals surface area contributed by atoms with Crippen LogP contribution in [0.1, 0.15) is 24.2 Å². The summed E-state index contributed by atoms with van der Waals surface area (Å²) in [4.78, 5) is 17.7. The highest BCUT2D eigenvalue weighted by molar-refractivity contribution is 7.80. The minimum atomic E-state index is -0.291. The number of amides is 1. The molecule has 3 N–H and O–H groups in total. The quantitative estimate of drug-likeness (QED) is 0.509. The number of aromatic nitrogens is 1. The second kappa shape index (κ2) is 8.67. The van der Waals surface area contributed by atoms with Gasteiger partial charge in [0.2, 0.25) is 0 Å². The lowest BCUT2D eigenvalue weighted by Gasteiger charge is -2.22. The zero-order chi connectivity index (χ0) is 20.1. The summed E-state index contributed by atoms with van der Waals surface area (Å²) in [5.74, 6) is 0.500. The van der Waals surface area contributed by atoms with Crippen molar-refractivity contribution in [1.82, 2.24) is 15.4 Å². The number of carbonyl (C=O) groups is 1. The third-order valence-electron chi connectivity index (χ3n) is 4.24. The van der Waals surface area contributed by atoms with Gasteiger partial charge in [0.25, 0.3) is 5.91 Å². The van der Waals surface area contributed by atoms with Gasteiger partial charge in [0.05, 0.1) is 23.4 Å². The number of nitrogens with one attached hydrogen (secondary N) is 1. The van der Waals surface area contributed by atoms with Crippen LogP contribution in [0.25, 0.3) is 22.2 Å². The molecule has 0 aliphatic heterocycles. The van der Waals surface area contributed by atoms with Crippen molar-refractivity contribution in [2.24, 2.45) is 5.73 Å². The molecule has 1 amide bonds. The number of carbonyl (C=O) groups excluding carboxylic acids is 1. The first-order valence-corrected chi connectivity index (χ1v) is 9.45. The van der Waals surface area contributed by atoms with Crippen molar-refractivity contribution in [3.05, 3.63) is 60.2 Å². The number of para-hydroxylation sites is 1. The zero-order valence-electron chi connectivity index (χ0n) is 15.8. The van der Waals surface area contributed by atoms with Crippen LogP contribution in [0.15, 0.2) is 54.6 Å². The van der Waals surface area contributed by atoms with Crippen molar-refractivity contribution in [2.75, 3.05) is 13.2 Å². The lowest BCUT2D eigenvalue weighted by molar-refractivity contribution is 0.0876. The normalized spacial score (nSPS) is 10.5. The van der Waals surface area contributed by atoms with E-state index in [0.29, 0.717) is 24.4 Å². The molecule has 144 valence electrons. The van der Waals surface area contributed by atoms with E-state index >= 15 is 0 Å². The summed E-state index contributed by atoms with van der Waals surface area (Å²) >= 11 is 4.98. The standard InChI is InChI=1S/C21H22N4O2S/c1-3-25(21(22)28)24-20(26)17-13-19(23-18-8-6-5-7-16(17)18)14-9-11-15(12-10-14)27-4-2/h5-13H,3-4H2,1-2H3,(H2,22,28)(H,24,26). The molecule has 0 aliphatic rings. The molecule has 1 aromatic heterocycles. The number of hydrogen-bond acceptors (Lipinski definition) is 4. The molecule has 0 unspecified atom stereocenters. The molecule has 0 radical (unpaired) electrons. The highest BCUT2D eigenvalue weighted by Gasteiger charge is 2.16. The second-order valence-electron chi connectivity index (χ2n) is 6.05. The van der Waals surface area contributed by atoms with Gasteiger partial charge in [-0.3, -0.25) is 15.2 Å². The fourth-order valence-corrected chi connectivity index (χ4v) is 3.05. The number of pyridine rings is 1. The highest BCUT2D eigenvalue weighted by atomic mass is 32.1. The molecule has 3 aromatic rings. The lowest BCUT2D eigenvalue weighted by Crippen LogP contribution is -2.48. The average Bonchev–Trinajstić information content (AvgIpc) is 2.71. The molecule has 0 aliphatic carbocycles. The average molecular weight is 395 g/mol. The van der Waals surface area contributed by atoms with Gasteiger partial charge in [0.1, 0.15) is 5.75 Å². The van der Waals surface area contributed by atoms with Gasteiger partial charge >= 0.3 is 0 Å². The van der Waals surface area contributed by atoms with Gasteiger partial charge in [0.15, 0.2) is 5.11 Å². The first-order valence-electron chi connectivity index (χ1n) is 9.04. The predicted octanol–water partition coefficient (Wildman–Crippen LogP) is 3.51. The van der Waals surface area contributed by atoms with E-state index in [1.807, 2.05) is 62.4 Å². The van der Waals surface area contributed by atoms with Crippen LogP contribution in [0, 0.1) is 0 Å². The minimum Gasteiger partial charge on any atom is -0.494 e. The van der Waals surface area contributed by atoms with Gasteiger partial charge in [-0.25, -0.2) is 4.98 Å². The number of nitrogens with zero attached hydrogens (tertiary/aromatic N) is 2. The molecule has 0 saturated carbocycles. The summed E-state index contributed by atoms with van der Waals surface area (Å²) in [5.41, 5.74) is 11.3. The molecule has 3 rings (SSSR count). The van der Waals surface area contributed by atoms with Gasteiger partial charge < -0.3 is 10.5 Å². The summed E-state index contributed by atoms with van der Waals surface area (Å²) in [7, 11) is 0. The molecule has 0 fully saturated rings.